The van der Waals surface area contributed by atoms with Crippen molar-refractivity contribution >= 4 is 11.6 Å². The van der Waals surface area contributed by atoms with Crippen molar-refractivity contribution in [2.75, 3.05) is 27.2 Å². The van der Waals surface area contributed by atoms with Crippen LogP contribution < -0.4 is 5.73 Å². The molecule has 36 heavy (non-hydrogen) atoms. The van der Waals surface area contributed by atoms with Gasteiger partial charge < -0.3 is 10.6 Å². The molecule has 1 aromatic heterocycles. The highest BCUT2D eigenvalue weighted by molar-refractivity contribution is 6.30. The molecule has 0 aliphatic heterocycles. The molecule has 1 heterocycles. The number of hydrogen-bond acceptors (Lipinski definition) is 3. The first-order chi connectivity index (χ1) is 17.1. The molecule has 0 aliphatic carbocycles. The molecule has 0 spiro atoms. The van der Waals surface area contributed by atoms with Crippen molar-refractivity contribution < 1.29 is 13.2 Å². The number of nitrogens with two attached hydrogens (primary N) is 1. The number of alkyl halides is 3. The lowest BCUT2D eigenvalue weighted by Gasteiger charge is -2.16. The third kappa shape index (κ3) is 6.97. The largest absolute Gasteiger partial charge is 0.417 e. The second-order valence-corrected chi connectivity index (χ2v) is 9.09. The number of halogens is 4. The number of hydrogen-bond donors (Lipinski definition) is 1. The van der Waals surface area contributed by atoms with Crippen LogP contribution in [-0.2, 0) is 6.18 Å². The van der Waals surface area contributed by atoms with Crippen LogP contribution in [0, 0.1) is 6.92 Å². The van der Waals surface area contributed by atoms with E-state index in [1.807, 2.05) is 31.2 Å². The fraction of sp³-hybridized carbons (Fsp3) is 0.250. The van der Waals surface area contributed by atoms with Crippen LogP contribution in [0.25, 0.3) is 28.1 Å². The van der Waals surface area contributed by atoms with Crippen molar-refractivity contribution in [3.05, 3.63) is 95.1 Å². The smallest absolute Gasteiger partial charge is 0.330 e. The van der Waals surface area contributed by atoms with Gasteiger partial charge in [0.1, 0.15) is 0 Å². The minimum atomic E-state index is -4.49. The van der Waals surface area contributed by atoms with Crippen LogP contribution in [0.5, 0.6) is 0 Å². The Kier molecular flexibility index (Phi) is 9.31. The molecule has 8 heteroatoms. The van der Waals surface area contributed by atoms with Gasteiger partial charge in [-0.05, 0) is 76.4 Å². The summed E-state index contributed by atoms with van der Waals surface area (Å²) in [6, 6.07) is 20.0. The van der Waals surface area contributed by atoms with Crippen molar-refractivity contribution in [1.82, 2.24) is 14.7 Å². The van der Waals surface area contributed by atoms with Gasteiger partial charge in [0.2, 0.25) is 0 Å². The van der Waals surface area contributed by atoms with E-state index < -0.39 is 11.7 Å². The zero-order chi connectivity index (χ0) is 26.3. The standard InChI is InChI=1S/C23H16ClF3N2.C5H14N2/c1-15-6-12-18(13-7-15)29-22(19-4-2-3-5-21(19)23(25,26)27)20(14-28-29)16-8-10-17(24)11-9-16;1-7(2)5-3-4-6/h2-14H,1H3;3-6H2,1-2H3. The normalized spacial score (nSPS) is 11.4. The summed E-state index contributed by atoms with van der Waals surface area (Å²) in [7, 11) is 4.10. The van der Waals surface area contributed by atoms with Gasteiger partial charge in [-0.1, -0.05) is 59.6 Å². The first kappa shape index (κ1) is 27.5. The molecule has 0 bridgehead atoms. The predicted octanol–water partition coefficient (Wildman–Crippen LogP) is 7.08. The van der Waals surface area contributed by atoms with Crippen LogP contribution in [0.1, 0.15) is 17.5 Å². The summed E-state index contributed by atoms with van der Waals surface area (Å²) < 4.78 is 42.9. The maximum atomic E-state index is 13.8. The van der Waals surface area contributed by atoms with E-state index in [2.05, 4.69) is 24.1 Å². The Morgan fingerprint density at radius 3 is 2.11 bits per heavy atom. The van der Waals surface area contributed by atoms with E-state index in [1.54, 1.807) is 41.2 Å². The number of nitrogens with zero attached hydrogens (tertiary/aromatic N) is 3. The number of aromatic nitrogens is 2. The number of rotatable bonds is 6. The van der Waals surface area contributed by atoms with Crippen molar-refractivity contribution in [1.29, 1.82) is 0 Å². The van der Waals surface area contributed by atoms with Gasteiger partial charge in [-0.2, -0.15) is 18.3 Å². The van der Waals surface area contributed by atoms with Crippen LogP contribution in [-0.4, -0.2) is 41.9 Å². The third-order valence-corrected chi connectivity index (χ3v) is 5.75. The van der Waals surface area contributed by atoms with Gasteiger partial charge in [0.25, 0.3) is 0 Å². The molecule has 0 saturated heterocycles. The van der Waals surface area contributed by atoms with Crippen LogP contribution >= 0.6 is 11.6 Å². The fourth-order valence-electron chi connectivity index (χ4n) is 3.67. The monoisotopic (exact) mass is 514 g/mol. The highest BCUT2D eigenvalue weighted by atomic mass is 35.5. The van der Waals surface area contributed by atoms with Gasteiger partial charge in [0.15, 0.2) is 0 Å². The Labute approximate surface area is 215 Å². The molecular formula is C28H30ClF3N4. The summed E-state index contributed by atoms with van der Waals surface area (Å²) in [5, 5.41) is 4.98. The fourth-order valence-corrected chi connectivity index (χ4v) is 3.80. The molecular weight excluding hydrogens is 485 g/mol. The van der Waals surface area contributed by atoms with E-state index in [0.717, 1.165) is 36.7 Å². The molecule has 0 unspecified atom stereocenters. The van der Waals surface area contributed by atoms with Crippen molar-refractivity contribution in [3.63, 3.8) is 0 Å². The average Bonchev–Trinajstić information content (AvgIpc) is 3.28. The second-order valence-electron chi connectivity index (χ2n) is 8.65. The summed E-state index contributed by atoms with van der Waals surface area (Å²) in [5.41, 5.74) is 8.06. The lowest BCUT2D eigenvalue weighted by molar-refractivity contribution is -0.137. The summed E-state index contributed by atoms with van der Waals surface area (Å²) in [6.45, 7) is 3.86. The van der Waals surface area contributed by atoms with Gasteiger partial charge in [-0.15, -0.1) is 0 Å². The molecule has 4 rings (SSSR count). The minimum absolute atomic E-state index is 0.0722. The van der Waals surface area contributed by atoms with Gasteiger partial charge in [-0.25, -0.2) is 4.68 Å². The molecule has 0 amide bonds. The Morgan fingerprint density at radius 1 is 0.917 bits per heavy atom. The third-order valence-electron chi connectivity index (χ3n) is 5.50. The van der Waals surface area contributed by atoms with Crippen LogP contribution in [0.4, 0.5) is 13.2 Å². The first-order valence-corrected chi connectivity index (χ1v) is 11.9. The average molecular weight is 515 g/mol. The quantitative estimate of drug-likeness (QED) is 0.299. The lowest BCUT2D eigenvalue weighted by Crippen LogP contribution is -2.16. The minimum Gasteiger partial charge on any atom is -0.330 e. The number of aryl methyl sites for hydroxylation is 1. The molecule has 2 N–H and O–H groups in total. The van der Waals surface area contributed by atoms with E-state index in [0.29, 0.717) is 22.0 Å². The Bertz CT molecular complexity index is 1180. The highest BCUT2D eigenvalue weighted by Gasteiger charge is 2.35. The Balaban J connectivity index is 0.000000454. The summed E-state index contributed by atoms with van der Waals surface area (Å²) in [6.07, 6.45) is -1.80. The van der Waals surface area contributed by atoms with Gasteiger partial charge in [0.05, 0.1) is 23.1 Å². The number of benzene rings is 3. The first-order valence-electron chi connectivity index (χ1n) is 11.5. The summed E-state index contributed by atoms with van der Waals surface area (Å²) >= 11 is 5.99. The van der Waals surface area contributed by atoms with E-state index in [-0.39, 0.29) is 5.56 Å². The summed E-state index contributed by atoms with van der Waals surface area (Å²) in [5.74, 6) is 0. The van der Waals surface area contributed by atoms with Crippen molar-refractivity contribution in [3.8, 4) is 28.1 Å². The molecule has 3 aromatic carbocycles. The molecule has 4 aromatic rings. The predicted molar refractivity (Wildman–Crippen MR) is 141 cm³/mol. The van der Waals surface area contributed by atoms with Gasteiger partial charge >= 0.3 is 6.18 Å². The maximum Gasteiger partial charge on any atom is 0.417 e. The molecule has 0 aliphatic rings. The van der Waals surface area contributed by atoms with Crippen LogP contribution in [0.2, 0.25) is 5.02 Å². The van der Waals surface area contributed by atoms with Crippen LogP contribution in [0.3, 0.4) is 0 Å². The highest BCUT2D eigenvalue weighted by Crippen LogP contribution is 2.41. The lowest BCUT2D eigenvalue weighted by atomic mass is 9.97. The molecule has 4 nitrogen and oxygen atoms in total. The van der Waals surface area contributed by atoms with E-state index in [9.17, 15) is 13.2 Å². The van der Waals surface area contributed by atoms with Crippen molar-refractivity contribution in [2.24, 2.45) is 5.73 Å². The van der Waals surface area contributed by atoms with E-state index >= 15 is 0 Å². The van der Waals surface area contributed by atoms with Gasteiger partial charge in [0, 0.05) is 16.1 Å². The second kappa shape index (κ2) is 12.2. The Morgan fingerprint density at radius 2 is 1.56 bits per heavy atom. The maximum absolute atomic E-state index is 13.8. The van der Waals surface area contributed by atoms with Gasteiger partial charge in [-0.3, -0.25) is 0 Å². The SMILES string of the molecule is CN(C)CCCN.Cc1ccc(-n2ncc(-c3ccc(Cl)cc3)c2-c2ccccc2C(F)(F)F)cc1. The molecule has 190 valence electrons. The molecule has 0 atom stereocenters. The summed E-state index contributed by atoms with van der Waals surface area (Å²) in [4.78, 5) is 2.13. The molecule has 0 radical (unpaired) electrons. The zero-order valence-corrected chi connectivity index (χ0v) is 21.3. The molecule has 0 saturated carbocycles. The topological polar surface area (TPSA) is 47.1 Å². The van der Waals surface area contributed by atoms with Crippen LogP contribution in [0.15, 0.2) is 79.0 Å². The van der Waals surface area contributed by atoms with Crippen molar-refractivity contribution in [2.45, 2.75) is 19.5 Å². The van der Waals surface area contributed by atoms with E-state index in [1.165, 1.54) is 12.1 Å². The van der Waals surface area contributed by atoms with E-state index in [4.69, 9.17) is 17.3 Å². The zero-order valence-electron chi connectivity index (χ0n) is 20.6. The Hall–Kier alpha value is -3.13. The molecule has 0 fully saturated rings.